The lowest BCUT2D eigenvalue weighted by atomic mass is 9.57. The van der Waals surface area contributed by atoms with Gasteiger partial charge < -0.3 is 15.4 Å². The van der Waals surface area contributed by atoms with Crippen LogP contribution in [0.2, 0.25) is 0 Å². The minimum atomic E-state index is -5.25. The average molecular weight is 554 g/mol. The molecule has 0 aromatic heterocycles. The number of ether oxygens (including phenoxy) is 1. The van der Waals surface area contributed by atoms with Gasteiger partial charge in [0, 0.05) is 49.7 Å². The van der Waals surface area contributed by atoms with Gasteiger partial charge in [0.2, 0.25) is 0 Å². The Kier molecular flexibility index (Phi) is 7.76. The van der Waals surface area contributed by atoms with Gasteiger partial charge in [0.25, 0.3) is 0 Å². The van der Waals surface area contributed by atoms with E-state index >= 15 is 0 Å². The van der Waals surface area contributed by atoms with Gasteiger partial charge in [0.1, 0.15) is 0 Å². The minimum absolute atomic E-state index is 0. The second kappa shape index (κ2) is 9.03. The van der Waals surface area contributed by atoms with E-state index < -0.39 is 15.5 Å². The fourth-order valence-corrected chi connectivity index (χ4v) is 5.62. The third-order valence-electron chi connectivity index (χ3n) is 6.14. The van der Waals surface area contributed by atoms with Crippen LogP contribution in [-0.4, -0.2) is 68.6 Å². The maximum atomic E-state index is 12.7. The Morgan fingerprint density at radius 3 is 2.38 bits per heavy atom. The smallest absolute Gasteiger partial charge is 0.377 e. The molecular formula is C17H30F3IN4O3S. The summed E-state index contributed by atoms with van der Waals surface area (Å²) >= 11 is 0. The maximum Gasteiger partial charge on any atom is 0.511 e. The van der Waals surface area contributed by atoms with E-state index in [-0.39, 0.29) is 60.7 Å². The minimum Gasteiger partial charge on any atom is -0.377 e. The molecule has 170 valence electrons. The van der Waals surface area contributed by atoms with Crippen LogP contribution < -0.4 is 10.6 Å². The van der Waals surface area contributed by atoms with E-state index in [1.165, 1.54) is 0 Å². The summed E-state index contributed by atoms with van der Waals surface area (Å²) in [7, 11) is -5.25. The first kappa shape index (κ1) is 24.9. The Hall–Kier alpha value is -0.340. The average Bonchev–Trinajstić information content (AvgIpc) is 3.06. The van der Waals surface area contributed by atoms with E-state index in [0.717, 1.165) is 13.0 Å². The van der Waals surface area contributed by atoms with Crippen LogP contribution >= 0.6 is 24.0 Å². The molecular weight excluding hydrogens is 524 g/mol. The third-order valence-corrected chi connectivity index (χ3v) is 7.77. The van der Waals surface area contributed by atoms with E-state index in [9.17, 15) is 21.6 Å². The molecule has 2 N–H and O–H groups in total. The Morgan fingerprint density at radius 1 is 1.21 bits per heavy atom. The molecule has 0 bridgehead atoms. The quantitative estimate of drug-likeness (QED) is 0.317. The van der Waals surface area contributed by atoms with Crippen molar-refractivity contribution in [2.75, 3.05) is 26.2 Å². The van der Waals surface area contributed by atoms with Crippen LogP contribution in [0.15, 0.2) is 4.99 Å². The number of aliphatic imine (C=N–C) groups is 1. The summed E-state index contributed by atoms with van der Waals surface area (Å²) < 4.78 is 67.5. The molecule has 1 aliphatic carbocycles. The molecule has 1 saturated carbocycles. The number of nitrogens with zero attached hydrogens (tertiary/aromatic N) is 2. The predicted octanol–water partition coefficient (Wildman–Crippen LogP) is 2.29. The molecule has 0 spiro atoms. The molecule has 2 aliphatic heterocycles. The van der Waals surface area contributed by atoms with Crippen molar-refractivity contribution in [3.63, 3.8) is 0 Å². The number of hydrogen-bond donors (Lipinski definition) is 2. The van der Waals surface area contributed by atoms with Crippen LogP contribution in [0.3, 0.4) is 0 Å². The van der Waals surface area contributed by atoms with E-state index in [1.807, 2.05) is 6.92 Å². The molecule has 3 unspecified atom stereocenters. The first-order valence-corrected chi connectivity index (χ1v) is 11.2. The van der Waals surface area contributed by atoms with Crippen molar-refractivity contribution in [3.8, 4) is 0 Å². The zero-order valence-corrected chi connectivity index (χ0v) is 20.0. The van der Waals surface area contributed by atoms with Crippen LogP contribution in [0.4, 0.5) is 13.2 Å². The number of fused-ring (bicyclic) bond motifs is 1. The van der Waals surface area contributed by atoms with Gasteiger partial charge in [0.15, 0.2) is 5.96 Å². The fraction of sp³-hybridized carbons (Fsp3) is 0.941. The van der Waals surface area contributed by atoms with E-state index in [2.05, 4.69) is 29.5 Å². The van der Waals surface area contributed by atoms with E-state index in [0.29, 0.717) is 35.6 Å². The predicted molar refractivity (Wildman–Crippen MR) is 115 cm³/mol. The second-order valence-electron chi connectivity index (χ2n) is 8.28. The van der Waals surface area contributed by atoms with Gasteiger partial charge in [-0.05, 0) is 26.2 Å². The molecule has 29 heavy (non-hydrogen) atoms. The summed E-state index contributed by atoms with van der Waals surface area (Å²) in [6.07, 6.45) is 1.83. The second-order valence-corrected chi connectivity index (χ2v) is 10.2. The highest BCUT2D eigenvalue weighted by Crippen LogP contribution is 2.52. The molecule has 3 fully saturated rings. The van der Waals surface area contributed by atoms with Gasteiger partial charge in [-0.2, -0.15) is 17.5 Å². The van der Waals surface area contributed by atoms with Crippen molar-refractivity contribution in [2.45, 2.75) is 63.7 Å². The summed E-state index contributed by atoms with van der Waals surface area (Å²) in [5.41, 5.74) is -5.28. The summed E-state index contributed by atoms with van der Waals surface area (Å²) in [5, 5.41) is 6.76. The van der Waals surface area contributed by atoms with Crippen molar-refractivity contribution in [2.24, 2.45) is 16.3 Å². The van der Waals surface area contributed by atoms with Gasteiger partial charge >= 0.3 is 15.5 Å². The summed E-state index contributed by atoms with van der Waals surface area (Å²) in [6.45, 7) is 7.22. The van der Waals surface area contributed by atoms with Crippen LogP contribution in [0.5, 0.6) is 0 Å². The number of hydrogen-bond acceptors (Lipinski definition) is 4. The van der Waals surface area contributed by atoms with Crippen molar-refractivity contribution in [3.05, 3.63) is 0 Å². The molecule has 0 amide bonds. The van der Waals surface area contributed by atoms with Gasteiger partial charge in [0.05, 0.1) is 6.10 Å². The summed E-state index contributed by atoms with van der Waals surface area (Å²) in [6, 6.07) is 0.0831. The lowest BCUT2D eigenvalue weighted by Gasteiger charge is -2.55. The zero-order chi connectivity index (χ0) is 20.7. The highest BCUT2D eigenvalue weighted by Gasteiger charge is 2.59. The number of sulfonamides is 1. The molecule has 2 saturated heterocycles. The van der Waals surface area contributed by atoms with Crippen LogP contribution in [-0.2, 0) is 14.8 Å². The first-order chi connectivity index (χ1) is 13.0. The third kappa shape index (κ3) is 4.79. The molecule has 0 radical (unpaired) electrons. The highest BCUT2D eigenvalue weighted by atomic mass is 127. The monoisotopic (exact) mass is 554 g/mol. The van der Waals surface area contributed by atoms with Crippen LogP contribution in [0.25, 0.3) is 0 Å². The van der Waals surface area contributed by atoms with E-state index in [4.69, 9.17) is 4.74 Å². The Balaban J connectivity index is 0.00000300. The largest absolute Gasteiger partial charge is 0.511 e. The van der Waals surface area contributed by atoms with Gasteiger partial charge in [-0.15, -0.1) is 24.0 Å². The number of piperidine rings is 1. The summed E-state index contributed by atoms with van der Waals surface area (Å²) in [5.74, 6) is 1.06. The SMILES string of the molecule is CCN=C(NC1CCN(S(=O)(=O)C(F)(F)F)CC1)NC1C2CCOC2C1(C)C.I. The van der Waals surface area contributed by atoms with E-state index in [1.54, 1.807) is 0 Å². The number of guanidine groups is 1. The molecule has 7 nitrogen and oxygen atoms in total. The van der Waals surface area contributed by atoms with Gasteiger partial charge in [-0.1, -0.05) is 13.8 Å². The van der Waals surface area contributed by atoms with Crippen LogP contribution in [0.1, 0.15) is 40.0 Å². The van der Waals surface area contributed by atoms with Gasteiger partial charge in [-0.3, -0.25) is 4.99 Å². The molecule has 0 aromatic rings. The van der Waals surface area contributed by atoms with Crippen molar-refractivity contribution in [1.82, 2.24) is 14.9 Å². The number of alkyl halides is 3. The first-order valence-electron chi connectivity index (χ1n) is 9.74. The fourth-order valence-electron chi connectivity index (χ4n) is 4.64. The van der Waals surface area contributed by atoms with Crippen molar-refractivity contribution >= 4 is 40.0 Å². The highest BCUT2D eigenvalue weighted by molar-refractivity contribution is 14.0. The van der Waals surface area contributed by atoms with Crippen molar-refractivity contribution < 1.29 is 26.3 Å². The Bertz CT molecular complexity index is 709. The standard InChI is InChI=1S/C17H29F3N4O3S.HI/c1-4-21-15(23-13-12-7-10-27-14(12)16(13,2)3)22-11-5-8-24(9-6-11)28(25,26)17(18,19)20;/h11-14H,4-10H2,1-3H3,(H2,21,22,23);1H. The number of nitrogens with one attached hydrogen (secondary N) is 2. The Morgan fingerprint density at radius 2 is 1.83 bits per heavy atom. The maximum absolute atomic E-state index is 12.7. The van der Waals surface area contributed by atoms with Gasteiger partial charge in [-0.25, -0.2) is 8.42 Å². The zero-order valence-electron chi connectivity index (χ0n) is 16.8. The molecule has 3 atom stereocenters. The lowest BCUT2D eigenvalue weighted by molar-refractivity contribution is -0.106. The Labute approximate surface area is 187 Å². The molecule has 12 heteroatoms. The number of rotatable bonds is 4. The molecule has 3 aliphatic rings. The normalized spacial score (nSPS) is 30.8. The van der Waals surface area contributed by atoms with Crippen molar-refractivity contribution in [1.29, 1.82) is 0 Å². The summed E-state index contributed by atoms with van der Waals surface area (Å²) in [4.78, 5) is 4.47. The molecule has 2 heterocycles. The number of halogens is 4. The molecule has 0 aromatic carbocycles. The van der Waals surface area contributed by atoms with Crippen LogP contribution in [0, 0.1) is 11.3 Å². The molecule has 3 rings (SSSR count). The lowest BCUT2D eigenvalue weighted by Crippen LogP contribution is -2.68. The topological polar surface area (TPSA) is 83.0 Å².